The molecule has 2 amide bonds. The van der Waals surface area contributed by atoms with Crippen molar-refractivity contribution in [3.8, 4) is 0 Å². The Balaban J connectivity index is 1.71. The highest BCUT2D eigenvalue weighted by atomic mass is 32.1. The summed E-state index contributed by atoms with van der Waals surface area (Å²) in [4.78, 5) is 26.9. The van der Waals surface area contributed by atoms with Crippen molar-refractivity contribution in [2.75, 3.05) is 6.54 Å². The summed E-state index contributed by atoms with van der Waals surface area (Å²) in [7, 11) is 0. The van der Waals surface area contributed by atoms with Gasteiger partial charge in [-0.15, -0.1) is 11.3 Å². The normalized spacial score (nSPS) is 13.9. The fraction of sp³-hybridized carbons (Fsp3) is 0.500. The number of aromatic carboxylic acids is 1. The van der Waals surface area contributed by atoms with Crippen LogP contribution in [0, 0.1) is 6.92 Å². The first-order valence-corrected chi connectivity index (χ1v) is 7.77. The molecular formula is C14H19N3O3S. The number of thiazole rings is 1. The maximum Gasteiger partial charge on any atom is 0.347 e. The van der Waals surface area contributed by atoms with Gasteiger partial charge in [0.15, 0.2) is 0 Å². The third kappa shape index (κ3) is 4.56. The second-order valence-corrected chi connectivity index (χ2v) is 6.02. The van der Waals surface area contributed by atoms with Crippen LogP contribution in [0.2, 0.25) is 0 Å². The molecule has 6 nitrogen and oxygen atoms in total. The molecule has 7 heteroatoms. The zero-order valence-electron chi connectivity index (χ0n) is 11.9. The van der Waals surface area contributed by atoms with Gasteiger partial charge in [-0.3, -0.25) is 0 Å². The van der Waals surface area contributed by atoms with Crippen molar-refractivity contribution in [1.82, 2.24) is 15.6 Å². The number of aromatic nitrogens is 1. The molecule has 1 heterocycles. The van der Waals surface area contributed by atoms with Gasteiger partial charge >= 0.3 is 12.0 Å². The molecule has 0 aromatic carbocycles. The van der Waals surface area contributed by atoms with E-state index in [4.69, 9.17) is 5.11 Å². The van der Waals surface area contributed by atoms with Crippen LogP contribution < -0.4 is 10.6 Å². The van der Waals surface area contributed by atoms with E-state index in [1.165, 1.54) is 12.0 Å². The Morgan fingerprint density at radius 2 is 2.24 bits per heavy atom. The number of hydrogen-bond donors (Lipinski definition) is 3. The lowest BCUT2D eigenvalue weighted by molar-refractivity contribution is 0.0701. The highest BCUT2D eigenvalue weighted by Crippen LogP contribution is 2.19. The molecule has 1 aromatic rings. The van der Waals surface area contributed by atoms with Gasteiger partial charge in [-0.05, 0) is 32.6 Å². The van der Waals surface area contributed by atoms with E-state index in [2.05, 4.69) is 21.7 Å². The standard InChI is InChI=1S/C14H19N3O3S/c1-9-12(13(18)19)21-11(17-9)8-16-14(20)15-7-6-10-4-2-3-5-10/h4H,2-3,5-8H2,1H3,(H,18,19)(H2,15,16,20). The summed E-state index contributed by atoms with van der Waals surface area (Å²) < 4.78 is 0. The molecule has 3 N–H and O–H groups in total. The van der Waals surface area contributed by atoms with Crippen molar-refractivity contribution in [3.63, 3.8) is 0 Å². The summed E-state index contributed by atoms with van der Waals surface area (Å²) in [6, 6.07) is -0.252. The van der Waals surface area contributed by atoms with Crippen LogP contribution in [0.5, 0.6) is 0 Å². The highest BCUT2D eigenvalue weighted by Gasteiger charge is 2.14. The first-order valence-electron chi connectivity index (χ1n) is 6.95. The van der Waals surface area contributed by atoms with Crippen molar-refractivity contribution in [2.45, 2.75) is 39.2 Å². The summed E-state index contributed by atoms with van der Waals surface area (Å²) >= 11 is 1.09. The monoisotopic (exact) mass is 309 g/mol. The molecule has 1 aromatic heterocycles. The Bertz CT molecular complexity index is 566. The molecule has 0 unspecified atom stereocenters. The molecule has 1 aliphatic rings. The Kier molecular flexibility index (Phi) is 5.32. The molecule has 0 radical (unpaired) electrons. The maximum atomic E-state index is 11.6. The quantitative estimate of drug-likeness (QED) is 0.704. The molecule has 0 bridgehead atoms. The average molecular weight is 309 g/mol. The number of amides is 2. The molecule has 2 rings (SSSR count). The Labute approximate surface area is 127 Å². The van der Waals surface area contributed by atoms with E-state index >= 15 is 0 Å². The number of rotatable bonds is 6. The summed E-state index contributed by atoms with van der Waals surface area (Å²) in [6.45, 7) is 2.51. The zero-order chi connectivity index (χ0) is 15.2. The van der Waals surface area contributed by atoms with Gasteiger partial charge < -0.3 is 15.7 Å². The van der Waals surface area contributed by atoms with Crippen LogP contribution in [-0.4, -0.2) is 28.6 Å². The first-order chi connectivity index (χ1) is 10.1. The number of carbonyl (C=O) groups is 2. The highest BCUT2D eigenvalue weighted by molar-refractivity contribution is 7.13. The van der Waals surface area contributed by atoms with Gasteiger partial charge in [-0.2, -0.15) is 0 Å². The second-order valence-electron chi connectivity index (χ2n) is 4.94. The number of hydrogen-bond acceptors (Lipinski definition) is 4. The molecule has 0 saturated carbocycles. The van der Waals surface area contributed by atoms with Gasteiger partial charge in [0.2, 0.25) is 0 Å². The molecule has 0 fully saturated rings. The minimum atomic E-state index is -0.981. The molecule has 0 atom stereocenters. The van der Waals surface area contributed by atoms with Crippen molar-refractivity contribution >= 4 is 23.3 Å². The summed E-state index contributed by atoms with van der Waals surface area (Å²) in [5, 5.41) is 15.0. The number of carboxylic acids is 1. The third-order valence-corrected chi connectivity index (χ3v) is 4.45. The maximum absolute atomic E-state index is 11.6. The molecule has 1 aliphatic carbocycles. The van der Waals surface area contributed by atoms with Crippen molar-refractivity contribution in [1.29, 1.82) is 0 Å². The van der Waals surface area contributed by atoms with E-state index in [9.17, 15) is 9.59 Å². The van der Waals surface area contributed by atoms with E-state index in [1.54, 1.807) is 6.92 Å². The summed E-state index contributed by atoms with van der Waals surface area (Å²) in [6.07, 6.45) is 6.64. The number of allylic oxidation sites excluding steroid dienone is 1. The van der Waals surface area contributed by atoms with E-state index in [0.717, 1.165) is 30.6 Å². The molecule has 21 heavy (non-hydrogen) atoms. The van der Waals surface area contributed by atoms with Gasteiger partial charge in [0.05, 0.1) is 12.2 Å². The first kappa shape index (κ1) is 15.5. The predicted molar refractivity (Wildman–Crippen MR) is 80.6 cm³/mol. The second kappa shape index (κ2) is 7.21. The van der Waals surface area contributed by atoms with Crippen molar-refractivity contribution in [3.05, 3.63) is 27.2 Å². The van der Waals surface area contributed by atoms with Crippen molar-refractivity contribution in [2.24, 2.45) is 0 Å². The van der Waals surface area contributed by atoms with E-state index in [-0.39, 0.29) is 17.5 Å². The molecule has 0 aliphatic heterocycles. The number of nitrogens with zero attached hydrogens (tertiary/aromatic N) is 1. The minimum absolute atomic E-state index is 0.223. The number of carboxylic acid groups (broad SMARTS) is 1. The lowest BCUT2D eigenvalue weighted by Gasteiger charge is -2.06. The zero-order valence-corrected chi connectivity index (χ0v) is 12.8. The van der Waals surface area contributed by atoms with E-state index in [0.29, 0.717) is 17.2 Å². The van der Waals surface area contributed by atoms with E-state index < -0.39 is 5.97 Å². The topological polar surface area (TPSA) is 91.3 Å². The third-order valence-electron chi connectivity index (χ3n) is 3.30. The van der Waals surface area contributed by atoms with Crippen LogP contribution in [0.3, 0.4) is 0 Å². The summed E-state index contributed by atoms with van der Waals surface area (Å²) in [5.74, 6) is -0.981. The largest absolute Gasteiger partial charge is 0.477 e. The SMILES string of the molecule is Cc1nc(CNC(=O)NCCC2=CCCC2)sc1C(=O)O. The number of carbonyl (C=O) groups excluding carboxylic acids is 1. The fourth-order valence-corrected chi connectivity index (χ4v) is 3.09. The van der Waals surface area contributed by atoms with Crippen LogP contribution >= 0.6 is 11.3 Å². The van der Waals surface area contributed by atoms with Crippen LogP contribution in [0.4, 0.5) is 4.79 Å². The van der Waals surface area contributed by atoms with Crippen LogP contribution in [-0.2, 0) is 6.54 Å². The minimum Gasteiger partial charge on any atom is -0.477 e. The molecule has 114 valence electrons. The smallest absolute Gasteiger partial charge is 0.347 e. The molecule has 0 spiro atoms. The Morgan fingerprint density at radius 3 is 2.86 bits per heavy atom. The van der Waals surface area contributed by atoms with Crippen LogP contribution in [0.15, 0.2) is 11.6 Å². The average Bonchev–Trinajstić information content (AvgIpc) is 3.06. The van der Waals surface area contributed by atoms with Gasteiger partial charge in [0.25, 0.3) is 0 Å². The van der Waals surface area contributed by atoms with Crippen molar-refractivity contribution < 1.29 is 14.7 Å². The number of urea groups is 1. The lowest BCUT2D eigenvalue weighted by atomic mass is 10.2. The Morgan fingerprint density at radius 1 is 1.43 bits per heavy atom. The lowest BCUT2D eigenvalue weighted by Crippen LogP contribution is -2.35. The molecular weight excluding hydrogens is 290 g/mol. The molecule has 0 saturated heterocycles. The van der Waals surface area contributed by atoms with Crippen LogP contribution in [0.25, 0.3) is 0 Å². The summed E-state index contributed by atoms with van der Waals surface area (Å²) in [5.41, 5.74) is 1.90. The van der Waals surface area contributed by atoms with Crippen LogP contribution in [0.1, 0.15) is 46.1 Å². The van der Waals surface area contributed by atoms with Gasteiger partial charge in [0, 0.05) is 6.54 Å². The predicted octanol–water partition coefficient (Wildman–Crippen LogP) is 2.45. The van der Waals surface area contributed by atoms with Gasteiger partial charge in [0.1, 0.15) is 9.88 Å². The fourth-order valence-electron chi connectivity index (χ4n) is 2.25. The Hall–Kier alpha value is -1.89. The number of nitrogens with one attached hydrogen (secondary N) is 2. The van der Waals surface area contributed by atoms with Gasteiger partial charge in [-0.1, -0.05) is 11.6 Å². The van der Waals surface area contributed by atoms with E-state index in [1.807, 2.05) is 0 Å². The van der Waals surface area contributed by atoms with Gasteiger partial charge in [-0.25, -0.2) is 14.6 Å². The number of aryl methyl sites for hydroxylation is 1.